The number of aromatic nitrogens is 1. The van der Waals surface area contributed by atoms with Gasteiger partial charge in [-0.2, -0.15) is 0 Å². The van der Waals surface area contributed by atoms with Crippen LogP contribution in [-0.4, -0.2) is 25.2 Å². The quantitative estimate of drug-likeness (QED) is 0.834. The second-order valence-electron chi connectivity index (χ2n) is 2.74. The monoisotopic (exact) mass is 274 g/mol. The SMILES string of the molecule is COC(=O)C(N)c1c(Br)cncc1OC. The van der Waals surface area contributed by atoms with Crippen LogP contribution >= 0.6 is 15.9 Å². The molecule has 0 bridgehead atoms. The van der Waals surface area contributed by atoms with Crippen LogP contribution in [0.25, 0.3) is 0 Å². The van der Waals surface area contributed by atoms with E-state index >= 15 is 0 Å². The average molecular weight is 275 g/mol. The lowest BCUT2D eigenvalue weighted by Gasteiger charge is -2.14. The summed E-state index contributed by atoms with van der Waals surface area (Å²) >= 11 is 3.26. The summed E-state index contributed by atoms with van der Waals surface area (Å²) in [5.74, 6) is -0.0810. The normalized spacial score (nSPS) is 12.0. The number of carbonyl (C=O) groups is 1. The Hall–Kier alpha value is -1.14. The molecule has 0 aliphatic carbocycles. The van der Waals surface area contributed by atoms with E-state index in [1.54, 1.807) is 6.20 Å². The molecule has 1 aromatic heterocycles. The fourth-order valence-corrected chi connectivity index (χ4v) is 1.70. The number of pyridine rings is 1. The Bertz CT molecular complexity index is 370. The first-order chi connectivity index (χ1) is 7.11. The lowest BCUT2D eigenvalue weighted by molar-refractivity contribution is -0.142. The van der Waals surface area contributed by atoms with Gasteiger partial charge < -0.3 is 15.2 Å². The Morgan fingerprint density at radius 2 is 2.20 bits per heavy atom. The molecule has 1 unspecified atom stereocenters. The fraction of sp³-hybridized carbons (Fsp3) is 0.333. The van der Waals surface area contributed by atoms with Crippen molar-refractivity contribution in [3.8, 4) is 5.75 Å². The molecule has 0 aliphatic heterocycles. The highest BCUT2D eigenvalue weighted by molar-refractivity contribution is 9.10. The summed E-state index contributed by atoms with van der Waals surface area (Å²) in [6.45, 7) is 0. The first kappa shape index (κ1) is 11.9. The van der Waals surface area contributed by atoms with Gasteiger partial charge >= 0.3 is 5.97 Å². The number of nitrogens with zero attached hydrogens (tertiary/aromatic N) is 1. The summed E-state index contributed by atoms with van der Waals surface area (Å²) in [5.41, 5.74) is 6.24. The van der Waals surface area contributed by atoms with Crippen LogP contribution in [0.3, 0.4) is 0 Å². The van der Waals surface area contributed by atoms with Crippen LogP contribution in [0.2, 0.25) is 0 Å². The zero-order chi connectivity index (χ0) is 11.4. The lowest BCUT2D eigenvalue weighted by Crippen LogP contribution is -2.23. The van der Waals surface area contributed by atoms with E-state index in [1.165, 1.54) is 20.4 Å². The van der Waals surface area contributed by atoms with E-state index in [0.29, 0.717) is 15.8 Å². The predicted octanol–water partition coefficient (Wildman–Crippen LogP) is 1.03. The van der Waals surface area contributed by atoms with Crippen molar-refractivity contribution in [2.45, 2.75) is 6.04 Å². The topological polar surface area (TPSA) is 74.4 Å². The summed E-state index contributed by atoms with van der Waals surface area (Å²) in [6.07, 6.45) is 3.03. The van der Waals surface area contributed by atoms with Gasteiger partial charge in [0.2, 0.25) is 0 Å². The molecular formula is C9H11BrN2O3. The molecular weight excluding hydrogens is 264 g/mol. The van der Waals surface area contributed by atoms with Crippen molar-refractivity contribution in [1.29, 1.82) is 0 Å². The molecule has 0 aliphatic rings. The zero-order valence-electron chi connectivity index (χ0n) is 8.36. The van der Waals surface area contributed by atoms with E-state index in [2.05, 4.69) is 25.7 Å². The number of hydrogen-bond acceptors (Lipinski definition) is 5. The predicted molar refractivity (Wildman–Crippen MR) is 57.4 cm³/mol. The largest absolute Gasteiger partial charge is 0.495 e. The zero-order valence-corrected chi connectivity index (χ0v) is 9.95. The molecule has 0 radical (unpaired) electrons. The maximum Gasteiger partial charge on any atom is 0.327 e. The van der Waals surface area contributed by atoms with Crippen molar-refractivity contribution in [2.75, 3.05) is 14.2 Å². The molecule has 1 rings (SSSR count). The number of nitrogens with two attached hydrogens (primary N) is 1. The number of rotatable bonds is 3. The van der Waals surface area contributed by atoms with Gasteiger partial charge in [-0.05, 0) is 15.9 Å². The van der Waals surface area contributed by atoms with Crippen molar-refractivity contribution in [3.63, 3.8) is 0 Å². The van der Waals surface area contributed by atoms with Crippen LogP contribution in [0, 0.1) is 0 Å². The lowest BCUT2D eigenvalue weighted by atomic mass is 10.1. The Balaban J connectivity index is 3.16. The van der Waals surface area contributed by atoms with Crippen LogP contribution in [0.4, 0.5) is 0 Å². The van der Waals surface area contributed by atoms with Crippen LogP contribution < -0.4 is 10.5 Å². The van der Waals surface area contributed by atoms with Gasteiger partial charge in [0, 0.05) is 16.2 Å². The maximum absolute atomic E-state index is 11.3. The van der Waals surface area contributed by atoms with E-state index in [0.717, 1.165) is 0 Å². The molecule has 5 nitrogen and oxygen atoms in total. The molecule has 0 spiro atoms. The second kappa shape index (κ2) is 5.09. The number of methoxy groups -OCH3 is 2. The summed E-state index contributed by atoms with van der Waals surface area (Å²) in [5, 5.41) is 0. The number of ether oxygens (including phenoxy) is 2. The van der Waals surface area contributed by atoms with Crippen LogP contribution in [0.5, 0.6) is 5.75 Å². The van der Waals surface area contributed by atoms with Gasteiger partial charge in [0.25, 0.3) is 0 Å². The van der Waals surface area contributed by atoms with Gasteiger partial charge in [0.05, 0.1) is 20.4 Å². The fourth-order valence-electron chi connectivity index (χ4n) is 1.14. The van der Waals surface area contributed by atoms with Crippen molar-refractivity contribution in [3.05, 3.63) is 22.4 Å². The summed E-state index contributed by atoms with van der Waals surface area (Å²) in [4.78, 5) is 15.2. The molecule has 15 heavy (non-hydrogen) atoms. The summed E-state index contributed by atoms with van der Waals surface area (Å²) < 4.78 is 10.2. The molecule has 1 aromatic rings. The molecule has 1 atom stereocenters. The first-order valence-electron chi connectivity index (χ1n) is 4.12. The van der Waals surface area contributed by atoms with E-state index in [-0.39, 0.29) is 0 Å². The third kappa shape index (κ3) is 2.45. The summed E-state index contributed by atoms with van der Waals surface area (Å²) in [7, 11) is 2.76. The Labute approximate surface area is 95.7 Å². The molecule has 0 aromatic carbocycles. The minimum absolute atomic E-state index is 0.447. The highest BCUT2D eigenvalue weighted by atomic mass is 79.9. The van der Waals surface area contributed by atoms with E-state index in [9.17, 15) is 4.79 Å². The molecule has 0 saturated carbocycles. The van der Waals surface area contributed by atoms with Crippen molar-refractivity contribution in [2.24, 2.45) is 5.73 Å². The van der Waals surface area contributed by atoms with Gasteiger partial charge in [0.1, 0.15) is 11.8 Å². The standard InChI is InChI=1S/C9H11BrN2O3/c1-14-6-4-12-3-5(10)7(6)8(11)9(13)15-2/h3-4,8H,11H2,1-2H3. The minimum Gasteiger partial charge on any atom is -0.495 e. The van der Waals surface area contributed by atoms with E-state index in [1.807, 2.05) is 0 Å². The van der Waals surface area contributed by atoms with Crippen LogP contribution in [0.15, 0.2) is 16.9 Å². The van der Waals surface area contributed by atoms with Gasteiger partial charge in [-0.3, -0.25) is 9.78 Å². The third-order valence-corrected chi connectivity index (χ3v) is 2.52. The molecule has 2 N–H and O–H groups in total. The molecule has 6 heteroatoms. The number of halogens is 1. The van der Waals surface area contributed by atoms with Crippen LogP contribution in [0.1, 0.15) is 11.6 Å². The highest BCUT2D eigenvalue weighted by Gasteiger charge is 2.23. The molecule has 0 fully saturated rings. The Morgan fingerprint density at radius 1 is 1.53 bits per heavy atom. The Kier molecular flexibility index (Phi) is 4.05. The first-order valence-corrected chi connectivity index (χ1v) is 4.92. The van der Waals surface area contributed by atoms with Gasteiger partial charge in [0.15, 0.2) is 0 Å². The number of esters is 1. The van der Waals surface area contributed by atoms with Crippen molar-refractivity contribution >= 4 is 21.9 Å². The van der Waals surface area contributed by atoms with Crippen molar-refractivity contribution in [1.82, 2.24) is 4.98 Å². The van der Waals surface area contributed by atoms with Gasteiger partial charge in [-0.25, -0.2) is 0 Å². The van der Waals surface area contributed by atoms with E-state index in [4.69, 9.17) is 10.5 Å². The van der Waals surface area contributed by atoms with Gasteiger partial charge in [-0.1, -0.05) is 0 Å². The molecule has 82 valence electrons. The molecule has 0 saturated heterocycles. The number of carbonyl (C=O) groups excluding carboxylic acids is 1. The molecule has 0 amide bonds. The average Bonchev–Trinajstić information content (AvgIpc) is 2.26. The molecule has 1 heterocycles. The van der Waals surface area contributed by atoms with Gasteiger partial charge in [-0.15, -0.1) is 0 Å². The van der Waals surface area contributed by atoms with Crippen LogP contribution in [-0.2, 0) is 9.53 Å². The minimum atomic E-state index is -0.887. The van der Waals surface area contributed by atoms with E-state index < -0.39 is 12.0 Å². The Morgan fingerprint density at radius 3 is 2.73 bits per heavy atom. The highest BCUT2D eigenvalue weighted by Crippen LogP contribution is 2.30. The van der Waals surface area contributed by atoms with Crippen molar-refractivity contribution < 1.29 is 14.3 Å². The third-order valence-electron chi connectivity index (χ3n) is 1.89. The number of hydrogen-bond donors (Lipinski definition) is 1. The smallest absolute Gasteiger partial charge is 0.327 e. The summed E-state index contributed by atoms with van der Waals surface area (Å²) in [6, 6.07) is -0.887. The second-order valence-corrected chi connectivity index (χ2v) is 3.59. The maximum atomic E-state index is 11.3.